The molecule has 0 bridgehead atoms. The lowest BCUT2D eigenvalue weighted by molar-refractivity contribution is 0.281. The lowest BCUT2D eigenvalue weighted by Crippen LogP contribution is -2.01. The van der Waals surface area contributed by atoms with Crippen LogP contribution in [0.4, 0.5) is 5.82 Å². The first-order chi connectivity index (χ1) is 7.70. The van der Waals surface area contributed by atoms with Crippen molar-refractivity contribution in [2.45, 2.75) is 6.61 Å². The van der Waals surface area contributed by atoms with Crippen molar-refractivity contribution in [1.82, 2.24) is 9.97 Å². The molecule has 2 rings (SSSR count). The molecule has 4 nitrogen and oxygen atoms in total. The average molecular weight is 280 g/mol. The smallest absolute Gasteiger partial charge is 0.161 e. The lowest BCUT2D eigenvalue weighted by atomic mass is 10.2. The van der Waals surface area contributed by atoms with E-state index < -0.39 is 0 Å². The van der Waals surface area contributed by atoms with E-state index in [1.807, 2.05) is 24.3 Å². The van der Waals surface area contributed by atoms with Crippen LogP contribution in [0.15, 0.2) is 34.9 Å². The van der Waals surface area contributed by atoms with Crippen LogP contribution < -0.4 is 5.73 Å². The molecule has 0 atom stereocenters. The van der Waals surface area contributed by atoms with Crippen molar-refractivity contribution in [3.63, 3.8) is 0 Å². The Morgan fingerprint density at radius 3 is 2.50 bits per heavy atom. The number of benzene rings is 1. The topological polar surface area (TPSA) is 72.0 Å². The molecular formula is C11H10BrN3O. The summed E-state index contributed by atoms with van der Waals surface area (Å²) in [5, 5.41) is 8.95. The number of nitrogen functional groups attached to an aromatic ring is 1. The Hall–Kier alpha value is -1.46. The van der Waals surface area contributed by atoms with Crippen LogP contribution >= 0.6 is 15.9 Å². The quantitative estimate of drug-likeness (QED) is 0.882. The Morgan fingerprint density at radius 1 is 1.25 bits per heavy atom. The van der Waals surface area contributed by atoms with Crippen LogP contribution in [0.1, 0.15) is 5.56 Å². The largest absolute Gasteiger partial charge is 0.391 e. The molecular weight excluding hydrogens is 270 g/mol. The molecule has 0 fully saturated rings. The molecule has 0 aliphatic carbocycles. The molecule has 3 N–H and O–H groups in total. The summed E-state index contributed by atoms with van der Waals surface area (Å²) in [7, 11) is 0. The van der Waals surface area contributed by atoms with Crippen molar-refractivity contribution in [3.05, 3.63) is 40.5 Å². The van der Waals surface area contributed by atoms with E-state index in [-0.39, 0.29) is 6.61 Å². The predicted octanol–water partition coefficient (Wildman–Crippen LogP) is 1.98. The summed E-state index contributed by atoms with van der Waals surface area (Å²) in [6.45, 7) is -0.146. The van der Waals surface area contributed by atoms with Gasteiger partial charge in [0.05, 0.1) is 6.61 Å². The number of aliphatic hydroxyl groups is 1. The van der Waals surface area contributed by atoms with Crippen LogP contribution in [-0.4, -0.2) is 15.1 Å². The van der Waals surface area contributed by atoms with Crippen LogP contribution in [0.3, 0.4) is 0 Å². The maximum Gasteiger partial charge on any atom is 0.161 e. The molecule has 82 valence electrons. The SMILES string of the molecule is Nc1nc(-c2ccc(Br)cc2)ncc1CO. The third-order valence-corrected chi connectivity index (χ3v) is 2.70. The maximum atomic E-state index is 8.95. The summed E-state index contributed by atoms with van der Waals surface area (Å²) in [4.78, 5) is 8.28. The van der Waals surface area contributed by atoms with Crippen LogP contribution in [0.25, 0.3) is 11.4 Å². The number of hydrogen-bond acceptors (Lipinski definition) is 4. The molecule has 0 amide bonds. The second kappa shape index (κ2) is 4.59. The minimum atomic E-state index is -0.146. The van der Waals surface area contributed by atoms with Gasteiger partial charge in [0.2, 0.25) is 0 Å². The van der Waals surface area contributed by atoms with Crippen LogP contribution in [0, 0.1) is 0 Å². The molecule has 5 heteroatoms. The highest BCUT2D eigenvalue weighted by Gasteiger charge is 2.05. The second-order valence-corrected chi connectivity index (χ2v) is 4.18. The molecule has 0 aliphatic rings. The van der Waals surface area contributed by atoms with Crippen molar-refractivity contribution in [1.29, 1.82) is 0 Å². The van der Waals surface area contributed by atoms with Gasteiger partial charge in [0, 0.05) is 21.8 Å². The normalized spacial score (nSPS) is 10.4. The Kier molecular flexibility index (Phi) is 3.17. The second-order valence-electron chi connectivity index (χ2n) is 3.27. The first kappa shape index (κ1) is 11.0. The van der Waals surface area contributed by atoms with E-state index in [1.54, 1.807) is 6.20 Å². The summed E-state index contributed by atoms with van der Waals surface area (Å²) < 4.78 is 0.996. The number of nitrogens with zero attached hydrogens (tertiary/aromatic N) is 2. The summed E-state index contributed by atoms with van der Waals surface area (Å²) in [5.41, 5.74) is 7.11. The highest BCUT2D eigenvalue weighted by molar-refractivity contribution is 9.10. The van der Waals surface area contributed by atoms with E-state index in [4.69, 9.17) is 10.8 Å². The van der Waals surface area contributed by atoms with E-state index in [2.05, 4.69) is 25.9 Å². The zero-order chi connectivity index (χ0) is 11.5. The summed E-state index contributed by atoms with van der Waals surface area (Å²) in [6.07, 6.45) is 1.54. The third-order valence-electron chi connectivity index (χ3n) is 2.17. The van der Waals surface area contributed by atoms with Crippen molar-refractivity contribution in [2.75, 3.05) is 5.73 Å². The number of nitrogens with two attached hydrogens (primary N) is 1. The zero-order valence-corrected chi connectivity index (χ0v) is 9.98. The fraction of sp³-hybridized carbons (Fsp3) is 0.0909. The van der Waals surface area contributed by atoms with E-state index in [0.29, 0.717) is 17.2 Å². The zero-order valence-electron chi connectivity index (χ0n) is 8.39. The summed E-state index contributed by atoms with van der Waals surface area (Å²) in [5.74, 6) is 0.873. The number of aliphatic hydroxyl groups excluding tert-OH is 1. The van der Waals surface area contributed by atoms with E-state index in [1.165, 1.54) is 0 Å². The molecule has 0 unspecified atom stereocenters. The highest BCUT2D eigenvalue weighted by atomic mass is 79.9. The van der Waals surface area contributed by atoms with Gasteiger partial charge in [-0.3, -0.25) is 0 Å². The van der Waals surface area contributed by atoms with Crippen LogP contribution in [0.5, 0.6) is 0 Å². The van der Waals surface area contributed by atoms with E-state index >= 15 is 0 Å². The Bertz CT molecular complexity index is 499. The minimum absolute atomic E-state index is 0.146. The van der Waals surface area contributed by atoms with Gasteiger partial charge in [-0.05, 0) is 12.1 Å². The third kappa shape index (κ3) is 2.20. The molecule has 1 aromatic heterocycles. The molecule has 0 aliphatic heterocycles. The fourth-order valence-corrected chi connectivity index (χ4v) is 1.54. The van der Waals surface area contributed by atoms with Crippen molar-refractivity contribution in [3.8, 4) is 11.4 Å². The van der Waals surface area contributed by atoms with Crippen molar-refractivity contribution >= 4 is 21.7 Å². The number of rotatable bonds is 2. The van der Waals surface area contributed by atoms with Gasteiger partial charge in [-0.15, -0.1) is 0 Å². The first-order valence-corrected chi connectivity index (χ1v) is 5.48. The van der Waals surface area contributed by atoms with E-state index in [9.17, 15) is 0 Å². The van der Waals surface area contributed by atoms with Gasteiger partial charge < -0.3 is 10.8 Å². The Balaban J connectivity index is 2.41. The molecule has 0 saturated heterocycles. The highest BCUT2D eigenvalue weighted by Crippen LogP contribution is 2.20. The van der Waals surface area contributed by atoms with Gasteiger partial charge in [-0.25, -0.2) is 9.97 Å². The number of anilines is 1. The molecule has 0 spiro atoms. The summed E-state index contributed by atoms with van der Waals surface area (Å²) >= 11 is 3.36. The monoisotopic (exact) mass is 279 g/mol. The van der Waals surface area contributed by atoms with Gasteiger partial charge in [0.15, 0.2) is 5.82 Å². The standard InChI is InChI=1S/C11H10BrN3O/c12-9-3-1-7(2-4-9)11-14-5-8(6-16)10(13)15-11/h1-5,16H,6H2,(H2,13,14,15). The number of aromatic nitrogens is 2. The molecule has 0 saturated carbocycles. The van der Waals surface area contributed by atoms with Crippen LogP contribution in [-0.2, 0) is 6.61 Å². The minimum Gasteiger partial charge on any atom is -0.391 e. The molecule has 16 heavy (non-hydrogen) atoms. The van der Waals surface area contributed by atoms with Gasteiger partial charge >= 0.3 is 0 Å². The van der Waals surface area contributed by atoms with Gasteiger partial charge in [0.1, 0.15) is 5.82 Å². The molecule has 1 aromatic carbocycles. The molecule has 2 aromatic rings. The summed E-state index contributed by atoms with van der Waals surface area (Å²) in [6, 6.07) is 7.62. The Labute approximate surface area is 101 Å². The van der Waals surface area contributed by atoms with Gasteiger partial charge in [-0.2, -0.15) is 0 Å². The molecule has 0 radical (unpaired) electrons. The number of halogens is 1. The van der Waals surface area contributed by atoms with Crippen molar-refractivity contribution < 1.29 is 5.11 Å². The van der Waals surface area contributed by atoms with Crippen LogP contribution in [0.2, 0.25) is 0 Å². The maximum absolute atomic E-state index is 8.95. The fourth-order valence-electron chi connectivity index (χ4n) is 1.28. The lowest BCUT2D eigenvalue weighted by Gasteiger charge is -2.04. The van der Waals surface area contributed by atoms with Crippen molar-refractivity contribution in [2.24, 2.45) is 0 Å². The van der Waals surface area contributed by atoms with Gasteiger partial charge in [-0.1, -0.05) is 28.1 Å². The Morgan fingerprint density at radius 2 is 1.94 bits per heavy atom. The number of hydrogen-bond donors (Lipinski definition) is 2. The van der Waals surface area contributed by atoms with Gasteiger partial charge in [0.25, 0.3) is 0 Å². The first-order valence-electron chi connectivity index (χ1n) is 4.69. The molecule has 1 heterocycles. The predicted molar refractivity (Wildman–Crippen MR) is 65.5 cm³/mol. The van der Waals surface area contributed by atoms with E-state index in [0.717, 1.165) is 10.0 Å². The average Bonchev–Trinajstić information content (AvgIpc) is 2.30.